The number of nitrogens with one attached hydrogen (secondary N) is 2. The van der Waals surface area contributed by atoms with Crippen molar-refractivity contribution in [1.82, 2.24) is 10.6 Å². The molecule has 0 aliphatic heterocycles. The average Bonchev–Trinajstić information content (AvgIpc) is 2.37. The van der Waals surface area contributed by atoms with Gasteiger partial charge in [-0.3, -0.25) is 0 Å². The van der Waals surface area contributed by atoms with E-state index in [1.54, 1.807) is 7.11 Å². The molecule has 0 aromatic carbocycles. The zero-order valence-corrected chi connectivity index (χ0v) is 14.9. The van der Waals surface area contributed by atoms with E-state index < -0.39 is 5.60 Å². The number of carbonyl (C=O) groups excluding carboxylic acids is 1. The highest BCUT2D eigenvalue weighted by Crippen LogP contribution is 2.20. The van der Waals surface area contributed by atoms with Crippen LogP contribution in [0, 0.1) is 0 Å². The SMILES string of the molecule is CCCC(COC)NC1CCCC(NC(=O)OC(C)(C)C)C1. The minimum atomic E-state index is -0.443. The lowest BCUT2D eigenvalue weighted by atomic mass is 9.90. The molecule has 0 aromatic heterocycles. The van der Waals surface area contributed by atoms with E-state index in [-0.39, 0.29) is 12.1 Å². The molecule has 0 spiro atoms. The lowest BCUT2D eigenvalue weighted by molar-refractivity contribution is 0.0486. The highest BCUT2D eigenvalue weighted by Gasteiger charge is 2.26. The predicted molar refractivity (Wildman–Crippen MR) is 89.1 cm³/mol. The van der Waals surface area contributed by atoms with Crippen molar-refractivity contribution in [2.75, 3.05) is 13.7 Å². The van der Waals surface area contributed by atoms with E-state index >= 15 is 0 Å². The Labute approximate surface area is 135 Å². The van der Waals surface area contributed by atoms with Crippen molar-refractivity contribution in [2.45, 2.75) is 89.9 Å². The summed E-state index contributed by atoms with van der Waals surface area (Å²) in [4.78, 5) is 11.9. The number of amides is 1. The number of carbonyl (C=O) groups is 1. The Morgan fingerprint density at radius 1 is 1.27 bits per heavy atom. The number of hydrogen-bond donors (Lipinski definition) is 2. The van der Waals surface area contributed by atoms with Crippen LogP contribution in [0.2, 0.25) is 0 Å². The molecule has 5 heteroatoms. The third-order valence-electron chi connectivity index (χ3n) is 3.87. The molecule has 1 saturated carbocycles. The molecule has 0 radical (unpaired) electrons. The van der Waals surface area contributed by atoms with E-state index in [1.165, 1.54) is 0 Å². The summed E-state index contributed by atoms with van der Waals surface area (Å²) in [5.74, 6) is 0. The lowest BCUT2D eigenvalue weighted by Crippen LogP contribution is -2.48. The number of methoxy groups -OCH3 is 1. The monoisotopic (exact) mass is 314 g/mol. The Bertz CT molecular complexity index is 322. The van der Waals surface area contributed by atoms with Crippen LogP contribution in [0.15, 0.2) is 0 Å². The molecule has 0 heterocycles. The first-order valence-corrected chi connectivity index (χ1v) is 8.58. The Balaban J connectivity index is 2.41. The zero-order chi connectivity index (χ0) is 16.6. The summed E-state index contributed by atoms with van der Waals surface area (Å²) >= 11 is 0. The van der Waals surface area contributed by atoms with Crippen molar-refractivity contribution >= 4 is 6.09 Å². The summed E-state index contributed by atoms with van der Waals surface area (Å²) in [5, 5.41) is 6.70. The second kappa shape index (κ2) is 9.36. The van der Waals surface area contributed by atoms with Crippen LogP contribution < -0.4 is 10.6 Å². The zero-order valence-electron chi connectivity index (χ0n) is 14.9. The number of ether oxygens (including phenoxy) is 2. The van der Waals surface area contributed by atoms with Crippen molar-refractivity contribution in [2.24, 2.45) is 0 Å². The van der Waals surface area contributed by atoms with Crippen LogP contribution in [0.5, 0.6) is 0 Å². The molecule has 1 fully saturated rings. The fraction of sp³-hybridized carbons (Fsp3) is 0.941. The highest BCUT2D eigenvalue weighted by molar-refractivity contribution is 5.68. The van der Waals surface area contributed by atoms with Crippen LogP contribution in [0.1, 0.15) is 66.2 Å². The van der Waals surface area contributed by atoms with Gasteiger partial charge in [0, 0.05) is 25.2 Å². The van der Waals surface area contributed by atoms with Crippen molar-refractivity contribution in [3.8, 4) is 0 Å². The Morgan fingerprint density at radius 2 is 1.95 bits per heavy atom. The molecule has 2 N–H and O–H groups in total. The van der Waals surface area contributed by atoms with Gasteiger partial charge in [-0.05, 0) is 52.9 Å². The van der Waals surface area contributed by atoms with Gasteiger partial charge in [-0.15, -0.1) is 0 Å². The molecule has 3 atom stereocenters. The van der Waals surface area contributed by atoms with Gasteiger partial charge in [0.2, 0.25) is 0 Å². The molecule has 1 rings (SSSR count). The highest BCUT2D eigenvalue weighted by atomic mass is 16.6. The van der Waals surface area contributed by atoms with Gasteiger partial charge in [0.25, 0.3) is 0 Å². The van der Waals surface area contributed by atoms with E-state index in [1.807, 2.05) is 20.8 Å². The molecular weight excluding hydrogens is 280 g/mol. The molecule has 1 amide bonds. The van der Waals surface area contributed by atoms with Gasteiger partial charge in [0.1, 0.15) is 5.60 Å². The average molecular weight is 314 g/mol. The summed E-state index contributed by atoms with van der Waals surface area (Å²) in [7, 11) is 1.75. The number of rotatable bonds is 7. The van der Waals surface area contributed by atoms with Crippen molar-refractivity contribution < 1.29 is 14.3 Å². The molecule has 3 unspecified atom stereocenters. The van der Waals surface area contributed by atoms with E-state index in [0.29, 0.717) is 12.1 Å². The second-order valence-corrected chi connectivity index (χ2v) is 7.31. The second-order valence-electron chi connectivity index (χ2n) is 7.31. The Morgan fingerprint density at radius 3 is 2.55 bits per heavy atom. The summed E-state index contributed by atoms with van der Waals surface area (Å²) < 4.78 is 10.6. The Kier molecular flexibility index (Phi) is 8.18. The molecule has 5 nitrogen and oxygen atoms in total. The van der Waals surface area contributed by atoms with Gasteiger partial charge in [0.05, 0.1) is 6.61 Å². The minimum absolute atomic E-state index is 0.200. The maximum absolute atomic E-state index is 11.9. The topological polar surface area (TPSA) is 59.6 Å². The summed E-state index contributed by atoms with van der Waals surface area (Å²) in [6, 6.07) is 1.05. The van der Waals surface area contributed by atoms with E-state index in [9.17, 15) is 4.79 Å². The summed E-state index contributed by atoms with van der Waals surface area (Å²) in [6.45, 7) is 8.60. The first-order valence-electron chi connectivity index (χ1n) is 8.58. The van der Waals surface area contributed by atoms with Crippen LogP contribution in [0.4, 0.5) is 4.79 Å². The normalized spacial score (nSPS) is 23.9. The fourth-order valence-corrected chi connectivity index (χ4v) is 3.04. The van der Waals surface area contributed by atoms with Crippen LogP contribution in [-0.4, -0.2) is 43.5 Å². The quantitative estimate of drug-likeness (QED) is 0.757. The van der Waals surface area contributed by atoms with Gasteiger partial charge in [0.15, 0.2) is 0 Å². The molecule has 1 aliphatic carbocycles. The molecule has 0 saturated heterocycles. The third kappa shape index (κ3) is 7.99. The van der Waals surface area contributed by atoms with Gasteiger partial charge in [-0.2, -0.15) is 0 Å². The first-order chi connectivity index (χ1) is 10.3. The van der Waals surface area contributed by atoms with Crippen LogP contribution in [0.3, 0.4) is 0 Å². The largest absolute Gasteiger partial charge is 0.444 e. The molecular formula is C17H34N2O3. The van der Waals surface area contributed by atoms with Gasteiger partial charge >= 0.3 is 6.09 Å². The van der Waals surface area contributed by atoms with Crippen molar-refractivity contribution in [3.05, 3.63) is 0 Å². The van der Waals surface area contributed by atoms with Gasteiger partial charge in [-0.25, -0.2) is 4.79 Å². The molecule has 130 valence electrons. The van der Waals surface area contributed by atoms with Crippen LogP contribution >= 0.6 is 0 Å². The first kappa shape index (κ1) is 19.2. The molecule has 0 bridgehead atoms. The number of alkyl carbamates (subject to hydrolysis) is 1. The third-order valence-corrected chi connectivity index (χ3v) is 3.87. The predicted octanol–water partition coefficient (Wildman–Crippen LogP) is 3.23. The lowest BCUT2D eigenvalue weighted by Gasteiger charge is -2.33. The van der Waals surface area contributed by atoms with Crippen molar-refractivity contribution in [3.63, 3.8) is 0 Å². The molecule has 0 aromatic rings. The maximum Gasteiger partial charge on any atom is 0.407 e. The van der Waals surface area contributed by atoms with Gasteiger partial charge in [-0.1, -0.05) is 13.3 Å². The Hall–Kier alpha value is -0.810. The van der Waals surface area contributed by atoms with Gasteiger partial charge < -0.3 is 20.1 Å². The summed E-state index contributed by atoms with van der Waals surface area (Å²) in [6.07, 6.45) is 6.24. The standard InChI is InChI=1S/C17H34N2O3/c1-6-8-15(12-21-5)18-13-9-7-10-14(11-13)19-16(20)22-17(2,3)4/h13-15,18H,6-12H2,1-5H3,(H,19,20). The number of hydrogen-bond acceptors (Lipinski definition) is 4. The van der Waals surface area contributed by atoms with Crippen molar-refractivity contribution in [1.29, 1.82) is 0 Å². The molecule has 1 aliphatic rings. The summed E-state index contributed by atoms with van der Waals surface area (Å²) in [5.41, 5.74) is -0.443. The van der Waals surface area contributed by atoms with E-state index in [0.717, 1.165) is 45.1 Å². The van der Waals surface area contributed by atoms with Crippen LogP contribution in [0.25, 0.3) is 0 Å². The molecule has 22 heavy (non-hydrogen) atoms. The smallest absolute Gasteiger partial charge is 0.407 e. The minimum Gasteiger partial charge on any atom is -0.444 e. The maximum atomic E-state index is 11.9. The van der Waals surface area contributed by atoms with Crippen LogP contribution in [-0.2, 0) is 9.47 Å². The van der Waals surface area contributed by atoms with E-state index in [4.69, 9.17) is 9.47 Å². The van der Waals surface area contributed by atoms with E-state index in [2.05, 4.69) is 17.6 Å². The fourth-order valence-electron chi connectivity index (χ4n) is 3.04.